The number of hydrogen-bond acceptors (Lipinski definition) is 5. The van der Waals surface area contributed by atoms with Gasteiger partial charge in [-0.3, -0.25) is 15.0 Å². The molecule has 0 radical (unpaired) electrons. The molecule has 1 aromatic rings. The quantitative estimate of drug-likeness (QED) is 0.400. The maximum Gasteiger partial charge on any atom is 0.300 e. The fraction of sp³-hybridized carbons (Fsp3) is 0.333. The van der Waals surface area contributed by atoms with E-state index < -0.39 is 5.97 Å². The number of nitrogen functional groups attached to an aromatic ring is 1. The molecular formula is C15H24N4O4. The summed E-state index contributed by atoms with van der Waals surface area (Å²) in [6, 6.07) is 6.65. The molecule has 1 rings (SSSR count). The molecule has 23 heavy (non-hydrogen) atoms. The number of amidine groups is 1. The molecular weight excluding hydrogens is 300 g/mol. The molecule has 0 unspecified atom stereocenters. The Balaban J connectivity index is 0. The zero-order valence-corrected chi connectivity index (χ0v) is 13.6. The topological polar surface area (TPSA) is 159 Å². The molecule has 7 N–H and O–H groups in total. The molecule has 8 nitrogen and oxygen atoms in total. The third kappa shape index (κ3) is 14.0. The third-order valence-electron chi connectivity index (χ3n) is 2.18. The van der Waals surface area contributed by atoms with Gasteiger partial charge in [0.25, 0.3) is 5.97 Å². The lowest BCUT2D eigenvalue weighted by molar-refractivity contribution is -0.134. The average molecular weight is 324 g/mol. The molecule has 0 heterocycles. The summed E-state index contributed by atoms with van der Waals surface area (Å²) in [5, 5.41) is 17.3. The van der Waals surface area contributed by atoms with Crippen molar-refractivity contribution in [1.82, 2.24) is 0 Å². The first kappa shape index (κ1) is 22.5. The summed E-state index contributed by atoms with van der Waals surface area (Å²) >= 11 is 0. The highest BCUT2D eigenvalue weighted by Crippen LogP contribution is 2.09. The second-order valence-electron chi connectivity index (χ2n) is 4.26. The van der Waals surface area contributed by atoms with Crippen molar-refractivity contribution >= 4 is 29.2 Å². The van der Waals surface area contributed by atoms with Crippen molar-refractivity contribution in [2.45, 2.75) is 26.7 Å². The van der Waals surface area contributed by atoms with Gasteiger partial charge in [-0.1, -0.05) is 0 Å². The van der Waals surface area contributed by atoms with Crippen molar-refractivity contribution in [3.8, 4) is 0 Å². The standard InChI is InChI=1S/C12H15N3O2.C2H4O2.CH5N/c1-8(16)2-7-11(17)15-10-5-3-9(4-6-10)12(13)14;1-2(3)4;1-2/h3-6H,2,7H2,1H3,(H3,13,14)(H,15,17);1H3,(H,3,4);2H2,1H3. The number of amides is 1. The number of aliphatic carboxylic acids is 1. The smallest absolute Gasteiger partial charge is 0.300 e. The Bertz CT molecular complexity index is 523. The fourth-order valence-corrected chi connectivity index (χ4v) is 1.25. The lowest BCUT2D eigenvalue weighted by atomic mass is 10.2. The predicted molar refractivity (Wildman–Crippen MR) is 89.4 cm³/mol. The molecule has 0 aliphatic carbocycles. The van der Waals surface area contributed by atoms with E-state index in [-0.39, 0.29) is 30.4 Å². The highest BCUT2D eigenvalue weighted by atomic mass is 16.4. The summed E-state index contributed by atoms with van der Waals surface area (Å²) < 4.78 is 0. The monoisotopic (exact) mass is 324 g/mol. The lowest BCUT2D eigenvalue weighted by Crippen LogP contribution is -2.13. The summed E-state index contributed by atoms with van der Waals surface area (Å²) in [4.78, 5) is 31.1. The Morgan fingerprint density at radius 2 is 1.52 bits per heavy atom. The lowest BCUT2D eigenvalue weighted by Gasteiger charge is -2.05. The highest BCUT2D eigenvalue weighted by Gasteiger charge is 2.04. The van der Waals surface area contributed by atoms with Crippen LogP contribution in [0.4, 0.5) is 5.69 Å². The van der Waals surface area contributed by atoms with Gasteiger partial charge in [-0.15, -0.1) is 0 Å². The van der Waals surface area contributed by atoms with Gasteiger partial charge in [-0.25, -0.2) is 0 Å². The maximum atomic E-state index is 11.4. The van der Waals surface area contributed by atoms with Crippen LogP contribution >= 0.6 is 0 Å². The van der Waals surface area contributed by atoms with Gasteiger partial charge in [0, 0.05) is 31.0 Å². The number of benzene rings is 1. The van der Waals surface area contributed by atoms with Crippen molar-refractivity contribution in [3.05, 3.63) is 29.8 Å². The van der Waals surface area contributed by atoms with Crippen molar-refractivity contribution in [3.63, 3.8) is 0 Å². The Morgan fingerprint density at radius 3 is 1.87 bits per heavy atom. The highest BCUT2D eigenvalue weighted by molar-refractivity contribution is 5.96. The first-order valence-corrected chi connectivity index (χ1v) is 6.73. The van der Waals surface area contributed by atoms with Crippen LogP contribution in [0.5, 0.6) is 0 Å². The normalized spacial score (nSPS) is 8.52. The van der Waals surface area contributed by atoms with Crippen LogP contribution in [0.2, 0.25) is 0 Å². The van der Waals surface area contributed by atoms with Crippen molar-refractivity contribution in [2.75, 3.05) is 12.4 Å². The summed E-state index contributed by atoms with van der Waals surface area (Å²) in [6.45, 7) is 2.54. The number of carboxylic acid groups (broad SMARTS) is 1. The predicted octanol–water partition coefficient (Wildman–Crippen LogP) is 0.944. The SMILES string of the molecule is CC(=O)CCC(=O)Nc1ccc(C(=N)N)cc1.CC(=O)O.CN. The minimum Gasteiger partial charge on any atom is -0.481 e. The number of ketones is 1. The van der Waals surface area contributed by atoms with Gasteiger partial charge in [0.15, 0.2) is 0 Å². The van der Waals surface area contributed by atoms with Crippen LogP contribution in [0.15, 0.2) is 24.3 Å². The number of nitrogens with two attached hydrogens (primary N) is 2. The molecule has 1 aromatic carbocycles. The van der Waals surface area contributed by atoms with Gasteiger partial charge in [0.1, 0.15) is 11.6 Å². The molecule has 0 atom stereocenters. The second-order valence-corrected chi connectivity index (χ2v) is 4.26. The Labute approximate surface area is 135 Å². The minimum atomic E-state index is -0.833. The zero-order chi connectivity index (χ0) is 18.4. The number of rotatable bonds is 5. The van der Waals surface area contributed by atoms with E-state index in [9.17, 15) is 9.59 Å². The van der Waals surface area contributed by atoms with Gasteiger partial charge in [-0.05, 0) is 38.2 Å². The van der Waals surface area contributed by atoms with E-state index in [2.05, 4.69) is 11.1 Å². The summed E-state index contributed by atoms with van der Waals surface area (Å²) in [5.41, 5.74) is 11.0. The van der Waals surface area contributed by atoms with E-state index in [4.69, 9.17) is 21.0 Å². The van der Waals surface area contributed by atoms with Crippen molar-refractivity contribution < 1.29 is 19.5 Å². The number of carbonyl (C=O) groups is 3. The minimum absolute atomic E-state index is 0.00734. The zero-order valence-electron chi connectivity index (χ0n) is 13.6. The summed E-state index contributed by atoms with van der Waals surface area (Å²) in [5.74, 6) is -1.05. The summed E-state index contributed by atoms with van der Waals surface area (Å²) in [7, 11) is 1.50. The molecule has 1 amide bonds. The molecule has 0 saturated carbocycles. The van der Waals surface area contributed by atoms with Crippen molar-refractivity contribution in [2.24, 2.45) is 11.5 Å². The molecule has 0 bridgehead atoms. The van der Waals surface area contributed by atoms with E-state index in [1.54, 1.807) is 24.3 Å². The van der Waals surface area contributed by atoms with Gasteiger partial charge in [0.05, 0.1) is 0 Å². The van der Waals surface area contributed by atoms with E-state index in [1.165, 1.54) is 14.0 Å². The van der Waals surface area contributed by atoms with E-state index in [0.717, 1.165) is 6.92 Å². The molecule has 0 aliphatic heterocycles. The van der Waals surface area contributed by atoms with Crippen molar-refractivity contribution in [1.29, 1.82) is 5.41 Å². The molecule has 8 heteroatoms. The average Bonchev–Trinajstić information content (AvgIpc) is 2.47. The first-order valence-electron chi connectivity index (χ1n) is 6.73. The number of carbonyl (C=O) groups excluding carboxylic acids is 2. The molecule has 0 saturated heterocycles. The molecule has 0 aromatic heterocycles. The number of hydrogen-bond donors (Lipinski definition) is 5. The van der Waals surface area contributed by atoms with Crippen LogP contribution in [0.1, 0.15) is 32.3 Å². The van der Waals surface area contributed by atoms with E-state index in [1.807, 2.05) is 0 Å². The van der Waals surface area contributed by atoms with Crippen LogP contribution in [0.3, 0.4) is 0 Å². The molecule has 0 aliphatic rings. The summed E-state index contributed by atoms with van der Waals surface area (Å²) in [6.07, 6.45) is 0.432. The Hall–Kier alpha value is -2.74. The number of carboxylic acids is 1. The fourth-order valence-electron chi connectivity index (χ4n) is 1.25. The Kier molecular flexibility index (Phi) is 12.7. The Morgan fingerprint density at radius 1 is 1.09 bits per heavy atom. The second kappa shape index (κ2) is 13.0. The van der Waals surface area contributed by atoms with Crippen LogP contribution in [0, 0.1) is 5.41 Å². The first-order chi connectivity index (χ1) is 10.7. The largest absolute Gasteiger partial charge is 0.481 e. The van der Waals surface area contributed by atoms with Gasteiger partial charge < -0.3 is 26.7 Å². The number of anilines is 1. The van der Waals surface area contributed by atoms with Gasteiger partial charge in [0.2, 0.25) is 5.91 Å². The van der Waals surface area contributed by atoms with Crippen LogP contribution in [0.25, 0.3) is 0 Å². The van der Waals surface area contributed by atoms with Gasteiger partial charge >= 0.3 is 0 Å². The van der Waals surface area contributed by atoms with Gasteiger partial charge in [-0.2, -0.15) is 0 Å². The molecule has 0 spiro atoms. The maximum absolute atomic E-state index is 11.4. The van der Waals surface area contributed by atoms with E-state index in [0.29, 0.717) is 11.3 Å². The number of Topliss-reactive ketones (excluding diaryl/α,β-unsaturated/α-hetero) is 1. The number of nitrogens with one attached hydrogen (secondary N) is 2. The van der Waals surface area contributed by atoms with E-state index >= 15 is 0 Å². The van der Waals surface area contributed by atoms with Crippen LogP contribution in [-0.2, 0) is 14.4 Å². The molecule has 128 valence electrons. The third-order valence-corrected chi connectivity index (χ3v) is 2.18. The molecule has 0 fully saturated rings. The van der Waals surface area contributed by atoms with Crippen LogP contribution < -0.4 is 16.8 Å². The van der Waals surface area contributed by atoms with Crippen LogP contribution in [-0.4, -0.2) is 35.6 Å².